The summed E-state index contributed by atoms with van der Waals surface area (Å²) in [6.07, 6.45) is 3.07. The van der Waals surface area contributed by atoms with Crippen molar-refractivity contribution in [3.63, 3.8) is 0 Å². The van der Waals surface area contributed by atoms with E-state index in [1.54, 1.807) is 60.7 Å². The van der Waals surface area contributed by atoms with Crippen LogP contribution in [0.3, 0.4) is 0 Å². The zero-order valence-corrected chi connectivity index (χ0v) is 21.3. The molecule has 2 N–H and O–H groups in total. The number of hydrogen-bond donors (Lipinski definition) is 2. The summed E-state index contributed by atoms with van der Waals surface area (Å²) >= 11 is 6.26. The Morgan fingerprint density at radius 2 is 1.57 bits per heavy atom. The molecule has 1 aliphatic heterocycles. The van der Waals surface area contributed by atoms with E-state index < -0.39 is 11.8 Å². The summed E-state index contributed by atoms with van der Waals surface area (Å²) in [5.74, 6) is -1.62. The minimum atomic E-state index is -0.613. The molecule has 188 valence electrons. The molecule has 0 saturated heterocycles. The van der Waals surface area contributed by atoms with Crippen molar-refractivity contribution >= 4 is 52.2 Å². The molecule has 8 heteroatoms. The van der Waals surface area contributed by atoms with Gasteiger partial charge in [0.2, 0.25) is 0 Å². The van der Waals surface area contributed by atoms with Crippen LogP contribution in [-0.2, 0) is 16.0 Å². The molecule has 3 aromatic rings. The Morgan fingerprint density at radius 1 is 0.865 bits per heavy atom. The first-order valence-electron chi connectivity index (χ1n) is 12.0. The predicted molar refractivity (Wildman–Crippen MR) is 145 cm³/mol. The van der Waals surface area contributed by atoms with E-state index in [-0.39, 0.29) is 22.4 Å². The highest BCUT2D eigenvalue weighted by Gasteiger charge is 2.39. The van der Waals surface area contributed by atoms with Gasteiger partial charge in [-0.15, -0.1) is 0 Å². The maximum Gasteiger partial charge on any atom is 0.283 e. The molecule has 0 aromatic heterocycles. The van der Waals surface area contributed by atoms with Crippen LogP contribution in [0.15, 0.2) is 83.5 Å². The Bertz CT molecular complexity index is 1400. The van der Waals surface area contributed by atoms with Crippen LogP contribution < -0.4 is 15.5 Å². The third kappa shape index (κ3) is 5.78. The lowest BCUT2D eigenvalue weighted by molar-refractivity contribution is -0.120. The Morgan fingerprint density at radius 3 is 2.22 bits per heavy atom. The number of carbonyl (C=O) groups is 4. The highest BCUT2D eigenvalue weighted by Crippen LogP contribution is 2.30. The second-order valence-electron chi connectivity index (χ2n) is 8.70. The largest absolute Gasteiger partial charge is 0.350 e. The van der Waals surface area contributed by atoms with Crippen molar-refractivity contribution < 1.29 is 19.2 Å². The van der Waals surface area contributed by atoms with E-state index in [4.69, 9.17) is 11.6 Å². The van der Waals surface area contributed by atoms with Crippen molar-refractivity contribution in [2.24, 2.45) is 0 Å². The van der Waals surface area contributed by atoms with E-state index in [1.165, 1.54) is 6.92 Å². The summed E-state index contributed by atoms with van der Waals surface area (Å²) in [6, 6.07) is 20.3. The van der Waals surface area contributed by atoms with Gasteiger partial charge in [0.1, 0.15) is 10.7 Å². The molecule has 0 spiro atoms. The zero-order chi connectivity index (χ0) is 26.5. The van der Waals surface area contributed by atoms with Gasteiger partial charge in [0, 0.05) is 22.5 Å². The van der Waals surface area contributed by atoms with Crippen LogP contribution in [0.25, 0.3) is 0 Å². The third-order valence-electron chi connectivity index (χ3n) is 5.98. The van der Waals surface area contributed by atoms with E-state index >= 15 is 0 Å². The maximum atomic E-state index is 13.1. The molecular formula is C29H26ClN3O4. The quantitative estimate of drug-likeness (QED) is 0.272. The van der Waals surface area contributed by atoms with Gasteiger partial charge < -0.3 is 10.6 Å². The third-order valence-corrected chi connectivity index (χ3v) is 6.33. The van der Waals surface area contributed by atoms with Gasteiger partial charge in [-0.3, -0.25) is 19.2 Å². The summed E-state index contributed by atoms with van der Waals surface area (Å²) in [4.78, 5) is 51.2. The fourth-order valence-corrected chi connectivity index (χ4v) is 4.13. The normalized spacial score (nSPS) is 13.2. The summed E-state index contributed by atoms with van der Waals surface area (Å²) in [7, 11) is 0. The van der Waals surface area contributed by atoms with Crippen molar-refractivity contribution in [1.29, 1.82) is 0 Å². The number of aryl methyl sites for hydroxylation is 1. The highest BCUT2D eigenvalue weighted by molar-refractivity contribution is 6.53. The molecule has 1 aliphatic rings. The van der Waals surface area contributed by atoms with Crippen LogP contribution in [0, 0.1) is 0 Å². The fraction of sp³-hybridized carbons (Fsp3) is 0.172. The minimum absolute atomic E-state index is 0.0564. The second kappa shape index (κ2) is 11.2. The monoisotopic (exact) mass is 515 g/mol. The van der Waals surface area contributed by atoms with Gasteiger partial charge in [-0.2, -0.15) is 0 Å². The van der Waals surface area contributed by atoms with Gasteiger partial charge in [-0.1, -0.05) is 43.1 Å². The molecule has 3 amide bonds. The van der Waals surface area contributed by atoms with Crippen LogP contribution in [0.4, 0.5) is 17.1 Å². The second-order valence-corrected chi connectivity index (χ2v) is 9.08. The Labute approximate surface area is 220 Å². The van der Waals surface area contributed by atoms with Crippen LogP contribution in [0.2, 0.25) is 0 Å². The van der Waals surface area contributed by atoms with Crippen LogP contribution in [0.1, 0.15) is 53.0 Å². The molecule has 0 saturated carbocycles. The number of amides is 3. The smallest absolute Gasteiger partial charge is 0.283 e. The Hall–Kier alpha value is -4.23. The average Bonchev–Trinajstić information content (AvgIpc) is 3.11. The first-order chi connectivity index (χ1) is 17.8. The number of nitrogens with zero attached hydrogens (tertiary/aromatic N) is 1. The molecule has 0 radical (unpaired) electrons. The summed E-state index contributed by atoms with van der Waals surface area (Å²) < 4.78 is 0. The number of imide groups is 1. The van der Waals surface area contributed by atoms with E-state index in [9.17, 15) is 19.2 Å². The molecular weight excluding hydrogens is 490 g/mol. The SMILES string of the molecule is CCCCc1ccc(N2C(=O)C(Cl)=C(Nc3cccc(C(=O)Nc4ccc(C(C)=O)cc4)c3)C2=O)cc1. The number of nitrogens with one attached hydrogen (secondary N) is 2. The van der Waals surface area contributed by atoms with E-state index in [0.29, 0.717) is 28.2 Å². The van der Waals surface area contributed by atoms with Gasteiger partial charge in [0.05, 0.1) is 5.69 Å². The number of benzene rings is 3. The molecule has 7 nitrogen and oxygen atoms in total. The number of Topliss-reactive ketones (excluding diaryl/α,β-unsaturated/α-hetero) is 1. The fourth-order valence-electron chi connectivity index (χ4n) is 3.91. The lowest BCUT2D eigenvalue weighted by atomic mass is 10.1. The molecule has 0 aliphatic carbocycles. The number of halogens is 1. The van der Waals surface area contributed by atoms with E-state index in [0.717, 1.165) is 29.7 Å². The number of hydrogen-bond acceptors (Lipinski definition) is 5. The zero-order valence-electron chi connectivity index (χ0n) is 20.5. The summed E-state index contributed by atoms with van der Waals surface area (Å²) in [5, 5.41) is 5.46. The Balaban J connectivity index is 1.47. The molecule has 0 fully saturated rings. The lowest BCUT2D eigenvalue weighted by Crippen LogP contribution is -2.32. The van der Waals surface area contributed by atoms with Crippen molar-refractivity contribution in [3.8, 4) is 0 Å². The van der Waals surface area contributed by atoms with Crippen LogP contribution in [-0.4, -0.2) is 23.5 Å². The van der Waals surface area contributed by atoms with Crippen molar-refractivity contribution in [2.45, 2.75) is 33.1 Å². The van der Waals surface area contributed by atoms with Gasteiger partial charge in [-0.05, 0) is 79.9 Å². The topological polar surface area (TPSA) is 95.6 Å². The van der Waals surface area contributed by atoms with E-state index in [1.807, 2.05) is 12.1 Å². The predicted octanol–water partition coefficient (Wildman–Crippen LogP) is 5.92. The van der Waals surface area contributed by atoms with Crippen molar-refractivity contribution in [3.05, 3.63) is 100 Å². The van der Waals surface area contributed by atoms with Crippen molar-refractivity contribution in [2.75, 3.05) is 15.5 Å². The van der Waals surface area contributed by atoms with Gasteiger partial charge in [-0.25, -0.2) is 4.90 Å². The van der Waals surface area contributed by atoms with Crippen molar-refractivity contribution in [1.82, 2.24) is 0 Å². The molecule has 1 heterocycles. The number of rotatable bonds is 9. The Kier molecular flexibility index (Phi) is 7.84. The average molecular weight is 516 g/mol. The number of anilines is 3. The molecule has 0 unspecified atom stereocenters. The van der Waals surface area contributed by atoms with Gasteiger partial charge in [0.25, 0.3) is 17.7 Å². The first-order valence-corrected chi connectivity index (χ1v) is 12.3. The number of unbranched alkanes of at least 4 members (excludes halogenated alkanes) is 1. The minimum Gasteiger partial charge on any atom is -0.350 e. The molecule has 0 atom stereocenters. The lowest BCUT2D eigenvalue weighted by Gasteiger charge is -2.16. The maximum absolute atomic E-state index is 13.1. The van der Waals surface area contributed by atoms with E-state index in [2.05, 4.69) is 17.6 Å². The summed E-state index contributed by atoms with van der Waals surface area (Å²) in [6.45, 7) is 3.59. The summed E-state index contributed by atoms with van der Waals surface area (Å²) in [5.41, 5.74) is 3.35. The molecule has 4 rings (SSSR count). The van der Waals surface area contributed by atoms with Crippen LogP contribution in [0.5, 0.6) is 0 Å². The number of carbonyl (C=O) groups excluding carboxylic acids is 4. The van der Waals surface area contributed by atoms with Gasteiger partial charge >= 0.3 is 0 Å². The number of ketones is 1. The standard InChI is InChI=1S/C29H26ClN3O4/c1-3-4-6-19-9-15-24(16-10-19)33-28(36)25(30)26(29(33)37)31-23-8-5-7-21(17-23)27(35)32-22-13-11-20(12-14-22)18(2)34/h5,7-17,31H,3-4,6H2,1-2H3,(H,32,35). The highest BCUT2D eigenvalue weighted by atomic mass is 35.5. The van der Waals surface area contributed by atoms with Crippen LogP contribution >= 0.6 is 11.6 Å². The molecule has 0 bridgehead atoms. The van der Waals surface area contributed by atoms with Gasteiger partial charge in [0.15, 0.2) is 5.78 Å². The first kappa shape index (κ1) is 25.9. The molecule has 37 heavy (non-hydrogen) atoms. The molecule has 3 aromatic carbocycles.